The van der Waals surface area contributed by atoms with Gasteiger partial charge in [-0.05, 0) is 57.0 Å². The number of Topliss-reactive ketones (excluding diaryl/α,β-unsaturated/α-hetero) is 1. The number of nitrogens with one attached hydrogen (secondary N) is 1. The smallest absolute Gasteiger partial charge is 0.407 e. The molecule has 3 heterocycles. The summed E-state index contributed by atoms with van der Waals surface area (Å²) in [6, 6.07) is 4.99. The molecule has 3 rings (SSSR count). The van der Waals surface area contributed by atoms with Gasteiger partial charge in [0.15, 0.2) is 11.6 Å². The zero-order chi connectivity index (χ0) is 35.6. The quantitative estimate of drug-likeness (QED) is 0.122. The summed E-state index contributed by atoms with van der Waals surface area (Å²) in [6.07, 6.45) is 7.26. The van der Waals surface area contributed by atoms with E-state index in [1.54, 1.807) is 44.6 Å². The van der Waals surface area contributed by atoms with Gasteiger partial charge >= 0.3 is 6.09 Å². The molecule has 3 aromatic heterocycles. The minimum atomic E-state index is -1.35. The number of ketones is 1. The number of pyridine rings is 2. The molecule has 1 N–H and O–H groups in total. The molecule has 0 aliphatic rings. The Balaban J connectivity index is 1.93. The van der Waals surface area contributed by atoms with Crippen LogP contribution >= 0.6 is 0 Å². The van der Waals surface area contributed by atoms with Crippen molar-refractivity contribution in [3.63, 3.8) is 0 Å². The van der Waals surface area contributed by atoms with E-state index in [1.807, 2.05) is 24.5 Å². The third kappa shape index (κ3) is 10.8. The molecule has 0 saturated heterocycles. The monoisotopic (exact) mass is 681 g/mol. The van der Waals surface area contributed by atoms with E-state index in [0.29, 0.717) is 35.3 Å². The van der Waals surface area contributed by atoms with Crippen LogP contribution in [0.3, 0.4) is 0 Å². The summed E-state index contributed by atoms with van der Waals surface area (Å²) < 4.78 is 29.3. The van der Waals surface area contributed by atoms with Crippen molar-refractivity contribution in [2.75, 3.05) is 27.8 Å². The Hall–Kier alpha value is -4.36. The van der Waals surface area contributed by atoms with Crippen LogP contribution in [0.1, 0.15) is 43.6 Å². The first kappa shape index (κ1) is 38.1. The molecule has 0 bridgehead atoms. The van der Waals surface area contributed by atoms with Crippen LogP contribution in [-0.4, -0.2) is 78.7 Å². The minimum Gasteiger partial charge on any atom is -0.453 e. The summed E-state index contributed by atoms with van der Waals surface area (Å²) in [5.74, 6) is -1.06. The zero-order valence-corrected chi connectivity index (χ0v) is 30.3. The number of fused-ring (bicyclic) bond motifs is 1. The van der Waals surface area contributed by atoms with E-state index in [4.69, 9.17) is 9.47 Å². The number of likely N-dealkylation sites (N-methyl/N-ethyl adjacent to an activating group) is 1. The predicted molar refractivity (Wildman–Crippen MR) is 188 cm³/mol. The summed E-state index contributed by atoms with van der Waals surface area (Å²) >= 11 is 0. The molecule has 0 aliphatic carbocycles. The summed E-state index contributed by atoms with van der Waals surface area (Å²) in [4.78, 5) is 56.7. The average Bonchev–Trinajstić information content (AvgIpc) is 3.38. The second-order valence-electron chi connectivity index (χ2n) is 13.4. The van der Waals surface area contributed by atoms with Crippen molar-refractivity contribution in [3.8, 4) is 0 Å². The van der Waals surface area contributed by atoms with Crippen molar-refractivity contribution < 1.29 is 28.2 Å². The number of rotatable bonds is 16. The second-order valence-corrected chi connectivity index (χ2v) is 19.0. The predicted octanol–water partition coefficient (Wildman–Crippen LogP) is 5.38. The molecule has 0 saturated carbocycles. The SMILES string of the molecule is COC(=O)N[C@@H](CC/C=C/C(=O)N(C)C)C(=O)Cc1cccn(Cc2cc3c(F)cnc(C=C(C)C)c3n2COCC[Si](C)(C)C)c1=O. The highest BCUT2D eigenvalue weighted by Crippen LogP contribution is 2.27. The highest BCUT2D eigenvalue weighted by molar-refractivity contribution is 6.76. The van der Waals surface area contributed by atoms with Crippen LogP contribution in [0.5, 0.6) is 0 Å². The van der Waals surface area contributed by atoms with E-state index in [9.17, 15) is 19.2 Å². The molecule has 3 aromatic rings. The molecule has 0 aromatic carbocycles. The molecule has 11 nitrogen and oxygen atoms in total. The number of halogens is 1. The molecule has 0 unspecified atom stereocenters. The van der Waals surface area contributed by atoms with Crippen LogP contribution in [0.2, 0.25) is 25.7 Å². The van der Waals surface area contributed by atoms with Crippen LogP contribution < -0.4 is 10.9 Å². The molecule has 0 spiro atoms. The first-order valence-electron chi connectivity index (χ1n) is 15.9. The lowest BCUT2D eigenvalue weighted by Crippen LogP contribution is -2.42. The number of methoxy groups -OCH3 is 1. The molecule has 48 heavy (non-hydrogen) atoms. The van der Waals surface area contributed by atoms with Gasteiger partial charge in [0, 0.05) is 58.0 Å². The highest BCUT2D eigenvalue weighted by Gasteiger charge is 2.23. The maximum absolute atomic E-state index is 15.1. The fourth-order valence-electron chi connectivity index (χ4n) is 4.95. The van der Waals surface area contributed by atoms with E-state index < -0.39 is 31.6 Å². The number of aromatic nitrogens is 3. The number of carbonyl (C=O) groups is 3. The molecule has 2 amide bonds. The molecule has 0 radical (unpaired) electrons. The van der Waals surface area contributed by atoms with E-state index in [1.165, 1.54) is 28.8 Å². The maximum atomic E-state index is 15.1. The van der Waals surface area contributed by atoms with Gasteiger partial charge < -0.3 is 28.8 Å². The third-order valence-corrected chi connectivity index (χ3v) is 9.33. The van der Waals surface area contributed by atoms with E-state index in [0.717, 1.165) is 11.6 Å². The van der Waals surface area contributed by atoms with Crippen molar-refractivity contribution in [3.05, 3.63) is 81.4 Å². The molecule has 1 atom stereocenters. The van der Waals surface area contributed by atoms with Crippen molar-refractivity contribution in [2.45, 2.75) is 78.1 Å². The summed E-state index contributed by atoms with van der Waals surface area (Å²) in [5, 5.41) is 2.92. The Kier molecular flexibility index (Phi) is 13.6. The number of allylic oxidation sites excluding steroid dienone is 2. The standard InChI is InChI=1S/C35H48FN5O6Si/c1-24(2)18-30-33-27(28(36)21-37-30)20-26(41(33)23-47-16-17-48(6,7)8)22-40-15-11-12-25(34(40)44)19-31(42)29(38-35(45)46-5)13-9-10-14-32(43)39(3)4/h10-12,14-15,18,20-21,29H,9,13,16-17,19,22-23H2,1-8H3,(H,38,45)/b14-10+/t29-/m0/s1. The molecule has 0 aliphatic heterocycles. The second kappa shape index (κ2) is 17.2. The van der Waals surface area contributed by atoms with Gasteiger partial charge in [0.05, 0.1) is 37.1 Å². The molecule has 13 heteroatoms. The first-order valence-corrected chi connectivity index (χ1v) is 19.6. The van der Waals surface area contributed by atoms with Crippen LogP contribution in [0.4, 0.5) is 9.18 Å². The van der Waals surface area contributed by atoms with Crippen molar-refractivity contribution in [1.82, 2.24) is 24.3 Å². The molecule has 260 valence electrons. The summed E-state index contributed by atoms with van der Waals surface area (Å²) in [5.41, 5.74) is 2.67. The Bertz CT molecular complexity index is 1730. The van der Waals surface area contributed by atoms with Crippen LogP contribution in [0.15, 0.2) is 53.1 Å². The molecular formula is C35H48FN5O6Si. The summed E-state index contributed by atoms with van der Waals surface area (Å²) in [7, 11) is 3.10. The lowest BCUT2D eigenvalue weighted by molar-refractivity contribution is -0.123. The first-order chi connectivity index (χ1) is 22.6. The van der Waals surface area contributed by atoms with Crippen LogP contribution in [0.25, 0.3) is 17.0 Å². The number of carbonyl (C=O) groups excluding carboxylic acids is 3. The van der Waals surface area contributed by atoms with Crippen molar-refractivity contribution in [1.29, 1.82) is 0 Å². The highest BCUT2D eigenvalue weighted by atomic mass is 28.3. The average molecular weight is 682 g/mol. The Morgan fingerprint density at radius 1 is 1.19 bits per heavy atom. The van der Waals surface area contributed by atoms with E-state index >= 15 is 4.39 Å². The summed E-state index contributed by atoms with van der Waals surface area (Å²) in [6.45, 7) is 11.5. The van der Waals surface area contributed by atoms with Gasteiger partial charge in [0.1, 0.15) is 6.73 Å². The van der Waals surface area contributed by atoms with Gasteiger partial charge in [-0.25, -0.2) is 9.18 Å². The van der Waals surface area contributed by atoms with Gasteiger partial charge in [-0.1, -0.05) is 37.4 Å². The lowest BCUT2D eigenvalue weighted by Gasteiger charge is -2.18. The van der Waals surface area contributed by atoms with Crippen molar-refractivity contribution >= 4 is 42.8 Å². The Morgan fingerprint density at radius 3 is 2.56 bits per heavy atom. The number of alkyl carbamates (subject to hydrolysis) is 1. The molecular weight excluding hydrogens is 633 g/mol. The lowest BCUT2D eigenvalue weighted by atomic mass is 10.0. The normalized spacial score (nSPS) is 12.3. The van der Waals surface area contributed by atoms with Crippen LogP contribution in [0, 0.1) is 5.82 Å². The molecule has 0 fully saturated rings. The Labute approximate surface area is 282 Å². The maximum Gasteiger partial charge on any atom is 0.407 e. The minimum absolute atomic E-state index is 0.0924. The Morgan fingerprint density at radius 2 is 1.92 bits per heavy atom. The van der Waals surface area contributed by atoms with Crippen LogP contribution in [-0.2, 0) is 38.8 Å². The number of hydrogen-bond acceptors (Lipinski definition) is 7. The topological polar surface area (TPSA) is 125 Å². The van der Waals surface area contributed by atoms with Gasteiger partial charge in [0.25, 0.3) is 5.56 Å². The van der Waals surface area contributed by atoms with Gasteiger partial charge in [0.2, 0.25) is 5.91 Å². The largest absolute Gasteiger partial charge is 0.453 e. The van der Waals surface area contributed by atoms with Crippen molar-refractivity contribution in [2.24, 2.45) is 0 Å². The van der Waals surface area contributed by atoms with E-state index in [2.05, 4.69) is 29.9 Å². The number of nitrogens with zero attached hydrogens (tertiary/aromatic N) is 4. The number of hydrogen-bond donors (Lipinski definition) is 1. The zero-order valence-electron chi connectivity index (χ0n) is 29.3. The van der Waals surface area contributed by atoms with E-state index in [-0.39, 0.29) is 43.4 Å². The van der Waals surface area contributed by atoms with Gasteiger partial charge in [-0.3, -0.25) is 19.4 Å². The third-order valence-electron chi connectivity index (χ3n) is 7.63. The number of amides is 2. The van der Waals surface area contributed by atoms with Gasteiger partial charge in [-0.15, -0.1) is 0 Å². The van der Waals surface area contributed by atoms with Gasteiger partial charge in [-0.2, -0.15) is 0 Å². The fraction of sp³-hybridized carbons (Fsp3) is 0.457. The number of ether oxygens (including phenoxy) is 2. The fourth-order valence-corrected chi connectivity index (χ4v) is 5.71.